The minimum atomic E-state index is -0.606. The number of hydrogen-bond acceptors (Lipinski definition) is 3. The molecule has 2 aromatic rings. The second kappa shape index (κ2) is 4.02. The SMILES string of the molecule is O=[N+]([O-])c1cc(-c2c[c]ccc2)ccc1O. The third kappa shape index (κ3) is 1.86. The van der Waals surface area contributed by atoms with Crippen LogP contribution in [0.25, 0.3) is 11.1 Å². The Balaban J connectivity index is 2.52. The Kier molecular flexibility index (Phi) is 2.55. The number of hydrogen-bond donors (Lipinski definition) is 1. The summed E-state index contributed by atoms with van der Waals surface area (Å²) in [6.07, 6.45) is 0. The highest BCUT2D eigenvalue weighted by molar-refractivity contribution is 5.68. The summed E-state index contributed by atoms with van der Waals surface area (Å²) < 4.78 is 0. The molecule has 1 radical (unpaired) electrons. The van der Waals surface area contributed by atoms with E-state index in [1.165, 1.54) is 12.1 Å². The first-order valence-corrected chi connectivity index (χ1v) is 4.62. The van der Waals surface area contributed by atoms with Crippen LogP contribution < -0.4 is 0 Å². The lowest BCUT2D eigenvalue weighted by Gasteiger charge is -2.02. The third-order valence-electron chi connectivity index (χ3n) is 2.21. The average molecular weight is 214 g/mol. The molecule has 2 rings (SSSR count). The van der Waals surface area contributed by atoms with Gasteiger partial charge in [0.25, 0.3) is 0 Å². The van der Waals surface area contributed by atoms with E-state index in [9.17, 15) is 15.2 Å². The van der Waals surface area contributed by atoms with Crippen LogP contribution in [0.2, 0.25) is 0 Å². The minimum Gasteiger partial charge on any atom is -0.502 e. The van der Waals surface area contributed by atoms with E-state index in [0.29, 0.717) is 5.56 Å². The number of nitro benzene ring substituents is 1. The zero-order chi connectivity index (χ0) is 11.5. The predicted molar refractivity (Wildman–Crippen MR) is 59.0 cm³/mol. The maximum absolute atomic E-state index is 10.6. The van der Waals surface area contributed by atoms with Gasteiger partial charge in [0.05, 0.1) is 4.92 Å². The first-order valence-electron chi connectivity index (χ1n) is 4.62. The van der Waals surface area contributed by atoms with Gasteiger partial charge in [-0.2, -0.15) is 0 Å². The molecule has 4 heteroatoms. The quantitative estimate of drug-likeness (QED) is 0.617. The molecule has 0 spiro atoms. The molecule has 0 unspecified atom stereocenters. The number of rotatable bonds is 2. The molecule has 0 saturated carbocycles. The molecular formula is C12H8NO3. The zero-order valence-corrected chi connectivity index (χ0v) is 8.25. The second-order valence-electron chi connectivity index (χ2n) is 3.25. The van der Waals surface area contributed by atoms with Crippen molar-refractivity contribution >= 4 is 5.69 Å². The van der Waals surface area contributed by atoms with Crippen LogP contribution in [0.3, 0.4) is 0 Å². The molecule has 0 heterocycles. The summed E-state index contributed by atoms with van der Waals surface area (Å²) in [5, 5.41) is 19.9. The number of nitrogens with zero attached hydrogens (tertiary/aromatic N) is 1. The molecule has 0 fully saturated rings. The fourth-order valence-electron chi connectivity index (χ4n) is 1.42. The van der Waals surface area contributed by atoms with Gasteiger partial charge < -0.3 is 5.11 Å². The Hall–Kier alpha value is -2.36. The highest BCUT2D eigenvalue weighted by Crippen LogP contribution is 2.30. The van der Waals surface area contributed by atoms with Crippen molar-refractivity contribution < 1.29 is 10.0 Å². The van der Waals surface area contributed by atoms with Crippen molar-refractivity contribution in [3.05, 3.63) is 58.6 Å². The van der Waals surface area contributed by atoms with Gasteiger partial charge in [0, 0.05) is 6.07 Å². The minimum absolute atomic E-state index is 0.290. The van der Waals surface area contributed by atoms with Crippen LogP contribution in [0.5, 0.6) is 5.75 Å². The van der Waals surface area contributed by atoms with E-state index in [1.807, 2.05) is 6.07 Å². The van der Waals surface area contributed by atoms with Gasteiger partial charge in [-0.3, -0.25) is 10.1 Å². The number of phenols is 1. The molecule has 2 aromatic carbocycles. The highest BCUT2D eigenvalue weighted by Gasteiger charge is 2.13. The fourth-order valence-corrected chi connectivity index (χ4v) is 1.42. The van der Waals surface area contributed by atoms with E-state index >= 15 is 0 Å². The zero-order valence-electron chi connectivity index (χ0n) is 8.25. The first-order chi connectivity index (χ1) is 7.68. The van der Waals surface area contributed by atoms with Gasteiger partial charge in [0.2, 0.25) is 0 Å². The van der Waals surface area contributed by atoms with Crippen LogP contribution in [-0.2, 0) is 0 Å². The van der Waals surface area contributed by atoms with E-state index in [0.717, 1.165) is 5.56 Å². The van der Waals surface area contributed by atoms with Crippen LogP contribution in [0, 0.1) is 16.2 Å². The van der Waals surface area contributed by atoms with Gasteiger partial charge in [-0.1, -0.05) is 24.3 Å². The van der Waals surface area contributed by atoms with Crippen molar-refractivity contribution in [2.24, 2.45) is 0 Å². The lowest BCUT2D eigenvalue weighted by atomic mass is 10.1. The standard InChI is InChI=1S/C12H8NO3/c14-12-7-6-10(8-11(12)13(15)16)9-4-2-1-3-5-9/h1-2,4-8,14H. The van der Waals surface area contributed by atoms with E-state index < -0.39 is 4.92 Å². The molecule has 0 saturated heterocycles. The summed E-state index contributed by atoms with van der Waals surface area (Å²) in [6, 6.07) is 14.3. The summed E-state index contributed by atoms with van der Waals surface area (Å²) >= 11 is 0. The summed E-state index contributed by atoms with van der Waals surface area (Å²) in [7, 11) is 0. The van der Waals surface area contributed by atoms with E-state index in [1.54, 1.807) is 24.3 Å². The van der Waals surface area contributed by atoms with E-state index in [2.05, 4.69) is 6.07 Å². The first kappa shape index (κ1) is 10.2. The smallest absolute Gasteiger partial charge is 0.311 e. The monoisotopic (exact) mass is 214 g/mol. The van der Waals surface area contributed by atoms with Crippen molar-refractivity contribution in [2.75, 3.05) is 0 Å². The average Bonchev–Trinajstić information content (AvgIpc) is 2.30. The molecular weight excluding hydrogens is 206 g/mol. The maximum atomic E-state index is 10.6. The molecule has 79 valence electrons. The normalized spacial score (nSPS) is 10.0. The van der Waals surface area contributed by atoms with Crippen LogP contribution >= 0.6 is 0 Å². The maximum Gasteiger partial charge on any atom is 0.311 e. The molecule has 0 atom stereocenters. The number of nitro groups is 1. The van der Waals surface area contributed by atoms with Gasteiger partial charge >= 0.3 is 5.69 Å². The third-order valence-corrected chi connectivity index (χ3v) is 2.21. The number of aromatic hydroxyl groups is 1. The summed E-state index contributed by atoms with van der Waals surface area (Å²) in [5.41, 5.74) is 1.22. The summed E-state index contributed by atoms with van der Waals surface area (Å²) in [4.78, 5) is 10.0. The molecule has 4 nitrogen and oxygen atoms in total. The van der Waals surface area contributed by atoms with Crippen LogP contribution in [0.1, 0.15) is 0 Å². The van der Waals surface area contributed by atoms with Gasteiger partial charge in [-0.25, -0.2) is 0 Å². The molecule has 1 N–H and O–H groups in total. The Labute approximate surface area is 91.9 Å². The molecule has 0 bridgehead atoms. The lowest BCUT2D eigenvalue weighted by molar-refractivity contribution is -0.385. The van der Waals surface area contributed by atoms with Crippen molar-refractivity contribution in [3.63, 3.8) is 0 Å². The Morgan fingerprint density at radius 1 is 1.25 bits per heavy atom. The number of benzene rings is 2. The summed E-state index contributed by atoms with van der Waals surface area (Å²) in [6.45, 7) is 0. The van der Waals surface area contributed by atoms with Crippen molar-refractivity contribution in [1.29, 1.82) is 0 Å². The second-order valence-corrected chi connectivity index (χ2v) is 3.25. The topological polar surface area (TPSA) is 63.4 Å². The highest BCUT2D eigenvalue weighted by atomic mass is 16.6. The van der Waals surface area contributed by atoms with Crippen molar-refractivity contribution in [2.45, 2.75) is 0 Å². The van der Waals surface area contributed by atoms with Crippen molar-refractivity contribution in [3.8, 4) is 16.9 Å². The molecule has 0 aliphatic rings. The van der Waals surface area contributed by atoms with Crippen LogP contribution in [0.4, 0.5) is 5.69 Å². The van der Waals surface area contributed by atoms with Gasteiger partial charge in [-0.05, 0) is 29.3 Å². The molecule has 0 aliphatic heterocycles. The van der Waals surface area contributed by atoms with Crippen LogP contribution in [-0.4, -0.2) is 10.0 Å². The molecule has 0 aliphatic carbocycles. The van der Waals surface area contributed by atoms with Gasteiger partial charge in [0.15, 0.2) is 5.75 Å². The van der Waals surface area contributed by atoms with E-state index in [-0.39, 0.29) is 11.4 Å². The van der Waals surface area contributed by atoms with Gasteiger partial charge in [0.1, 0.15) is 0 Å². The van der Waals surface area contributed by atoms with Crippen LogP contribution in [0.15, 0.2) is 42.5 Å². The molecule has 16 heavy (non-hydrogen) atoms. The fraction of sp³-hybridized carbons (Fsp3) is 0. The Morgan fingerprint density at radius 3 is 2.69 bits per heavy atom. The van der Waals surface area contributed by atoms with Crippen molar-refractivity contribution in [1.82, 2.24) is 0 Å². The summed E-state index contributed by atoms with van der Waals surface area (Å²) in [5.74, 6) is -0.325. The molecule has 0 aromatic heterocycles. The number of phenolic OH excluding ortho intramolecular Hbond substituents is 1. The molecule has 0 amide bonds. The van der Waals surface area contributed by atoms with E-state index in [4.69, 9.17) is 0 Å². The predicted octanol–water partition coefficient (Wildman–Crippen LogP) is 2.77. The Morgan fingerprint density at radius 2 is 2.06 bits per heavy atom. The van der Waals surface area contributed by atoms with Gasteiger partial charge in [-0.15, -0.1) is 0 Å². The Bertz CT molecular complexity index is 523. The lowest BCUT2D eigenvalue weighted by Crippen LogP contribution is -1.89. The largest absolute Gasteiger partial charge is 0.502 e.